The van der Waals surface area contributed by atoms with E-state index in [0.29, 0.717) is 16.7 Å². The summed E-state index contributed by atoms with van der Waals surface area (Å²) in [6.07, 6.45) is -5.14. The van der Waals surface area contributed by atoms with Crippen molar-refractivity contribution in [1.29, 1.82) is 0 Å². The molecule has 12 unspecified atom stereocenters. The molecule has 0 aromatic heterocycles. The molecule has 15 N–H and O–H groups in total. The van der Waals surface area contributed by atoms with Crippen LogP contribution in [0.3, 0.4) is 0 Å². The van der Waals surface area contributed by atoms with Crippen molar-refractivity contribution in [2.24, 2.45) is 44.0 Å². The molecule has 3 aliphatic rings. The fourth-order valence-electron chi connectivity index (χ4n) is 10.9. The van der Waals surface area contributed by atoms with Gasteiger partial charge in [-0.1, -0.05) is 20.8 Å². The molecule has 524 valence electrons. The Morgan fingerprint density at radius 3 is 1.16 bits per heavy atom. The molecular formula is C64H94N12O19. The molecule has 0 radical (unpaired) electrons. The minimum absolute atomic E-state index is 0.0168. The maximum absolute atomic E-state index is 15.0. The fourth-order valence-corrected chi connectivity index (χ4v) is 10.9. The van der Waals surface area contributed by atoms with Crippen LogP contribution >= 0.6 is 0 Å². The van der Waals surface area contributed by atoms with E-state index in [9.17, 15) is 59.7 Å². The van der Waals surface area contributed by atoms with E-state index in [-0.39, 0.29) is 60.8 Å². The van der Waals surface area contributed by atoms with E-state index in [1.54, 1.807) is 113 Å². The van der Waals surface area contributed by atoms with Crippen LogP contribution in [-0.2, 0) is 47.7 Å². The molecule has 95 heavy (non-hydrogen) atoms. The van der Waals surface area contributed by atoms with Gasteiger partial charge in [0.15, 0.2) is 71.0 Å². The van der Waals surface area contributed by atoms with Gasteiger partial charge in [0.25, 0.3) is 0 Å². The third-order valence-electron chi connectivity index (χ3n) is 19.0. The van der Waals surface area contributed by atoms with Gasteiger partial charge in [0.05, 0.1) is 76.8 Å². The molecule has 0 spiro atoms. The van der Waals surface area contributed by atoms with Crippen molar-refractivity contribution < 1.29 is 92.9 Å². The minimum atomic E-state index is -2.77. The molecule has 3 heterocycles. The lowest BCUT2D eigenvalue weighted by atomic mass is 9.83. The number of carbonyl (C=O) groups is 6. The number of nitrogens with two attached hydrogens (primary N) is 3. The number of hydroxylamine groups is 6. The number of benzene rings is 3. The van der Waals surface area contributed by atoms with Crippen molar-refractivity contribution >= 4 is 53.0 Å². The first-order chi connectivity index (χ1) is 44.3. The van der Waals surface area contributed by atoms with Crippen LogP contribution in [0.25, 0.3) is 0 Å². The molecular weight excluding hydrogens is 1240 g/mol. The van der Waals surface area contributed by atoms with E-state index >= 15 is 0 Å². The molecule has 0 fully saturated rings. The van der Waals surface area contributed by atoms with Crippen LogP contribution in [0.15, 0.2) is 87.8 Å². The van der Waals surface area contributed by atoms with E-state index in [1.165, 1.54) is 43.3 Å². The molecule has 3 aromatic carbocycles. The number of ketones is 2. The monoisotopic (exact) mass is 1330 g/mol. The van der Waals surface area contributed by atoms with Crippen molar-refractivity contribution in [2.45, 2.75) is 178 Å². The number of rotatable bonds is 32. The molecule has 31 heteroatoms. The van der Waals surface area contributed by atoms with Crippen molar-refractivity contribution in [3.8, 4) is 17.2 Å². The Morgan fingerprint density at radius 2 is 0.853 bits per heavy atom. The number of hydrogen-bond acceptors (Lipinski definition) is 31. The topological polar surface area (TPSA) is 449 Å². The van der Waals surface area contributed by atoms with E-state index < -0.39 is 136 Å². The number of nitrogens with zero attached hydrogens (tertiary/aromatic N) is 6. The number of aliphatic imine (C=N–C) groups is 3. The molecule has 6 rings (SSSR count). The third kappa shape index (κ3) is 14.5. The summed E-state index contributed by atoms with van der Waals surface area (Å²) < 4.78 is 39.4. The highest BCUT2D eigenvalue weighted by molar-refractivity contribution is 6.07. The van der Waals surface area contributed by atoms with Crippen LogP contribution in [0.5, 0.6) is 17.2 Å². The first-order valence-corrected chi connectivity index (χ1v) is 30.7. The molecule has 31 nitrogen and oxygen atoms in total. The van der Waals surface area contributed by atoms with Crippen molar-refractivity contribution in [3.63, 3.8) is 0 Å². The highest BCUT2D eigenvalue weighted by atomic mass is 16.6. The second kappa shape index (κ2) is 29.3. The normalized spacial score (nSPS) is 23.8. The molecule has 0 saturated carbocycles. The Morgan fingerprint density at radius 1 is 0.526 bits per heavy atom. The summed E-state index contributed by atoms with van der Waals surface area (Å²) in [5.41, 5.74) is 9.94. The van der Waals surface area contributed by atoms with Gasteiger partial charge in [-0.25, -0.2) is 24.8 Å². The molecule has 12 atom stereocenters. The van der Waals surface area contributed by atoms with E-state index in [1.807, 2.05) is 0 Å². The minimum Gasteiger partial charge on any atom is -0.475 e. The van der Waals surface area contributed by atoms with Crippen LogP contribution in [0.4, 0.5) is 0 Å². The Balaban J connectivity index is 1.32. The van der Waals surface area contributed by atoms with E-state index in [4.69, 9.17) is 50.4 Å². The summed E-state index contributed by atoms with van der Waals surface area (Å²) >= 11 is 0. The largest absolute Gasteiger partial charge is 0.475 e. The van der Waals surface area contributed by atoms with Crippen LogP contribution in [0, 0.1) is 11.8 Å². The van der Waals surface area contributed by atoms with Crippen LogP contribution in [0.2, 0.25) is 0 Å². The van der Waals surface area contributed by atoms with E-state index in [0.717, 1.165) is 43.6 Å². The molecule has 0 bridgehead atoms. The average Bonchev–Trinajstić information content (AvgIpc) is 1.62. The Kier molecular flexibility index (Phi) is 23.5. The average molecular weight is 1340 g/mol. The highest BCUT2D eigenvalue weighted by Crippen LogP contribution is 2.41. The first-order valence-electron chi connectivity index (χ1n) is 30.7. The van der Waals surface area contributed by atoms with Gasteiger partial charge in [0, 0.05) is 23.1 Å². The molecule has 3 aliphatic heterocycles. The molecule has 3 aromatic rings. The lowest BCUT2D eigenvalue weighted by Gasteiger charge is -2.39. The number of methoxy groups -OCH3 is 4. The van der Waals surface area contributed by atoms with Crippen molar-refractivity contribution in [2.75, 3.05) is 48.3 Å². The number of amidine groups is 3. The summed E-state index contributed by atoms with van der Waals surface area (Å²) in [6, 6.07) is 14.4. The van der Waals surface area contributed by atoms with Crippen LogP contribution < -0.4 is 47.4 Å². The summed E-state index contributed by atoms with van der Waals surface area (Å²) in [5.74, 6) is -10.3. The number of Topliss-reactive ketones (excluding diaryl/α,β-unsaturated/α-hetero) is 2. The SMILES string of the molecule is CCC(NC(N)(C(=O)OC)C(NC(Oc1ccc(C2=NC(C)(CO)C(C)(C)N2O)cc1)C(C)C(=O)C(N)CC(=O)C(C(=O)OC)C(N)(NC(CC)Oc1ccc(C2=NC(C)(CO)C(C)(C)N2O)cc1)C(=O)OC)C(=O)OC)Oc1ccc(C2=NC(C)(CO)C(C)(C)N2O)cc1. The standard InChI is InChI=1S/C64H94N12O19/c1-17-44(93-39-25-19-36(20-26-39)49-71-60(10,32-77)57(4,5)74(49)86)69-63(66,55(84)91-15)46(53(82)89-13)43(80)31-42(65)47(81)35(3)52(95-41-29-23-38(24-30-41)51-73-62(12,34-79)59(8,9)76(51)88)68-48(54(83)90-14)64(67,56(85)92-16)70-45(18-2)94-40-27-21-37(22-28-40)50-72-61(11,33-78)58(6,7)75(50)87/h19-30,35,42,44-46,48,52,68-70,77-79,86-88H,17-18,31-34,65-67H2,1-16H3. The van der Waals surface area contributed by atoms with Crippen molar-refractivity contribution in [3.05, 3.63) is 89.5 Å². The quantitative estimate of drug-likeness (QED) is 0.0181. The van der Waals surface area contributed by atoms with Crippen molar-refractivity contribution in [1.82, 2.24) is 31.1 Å². The lowest BCUT2D eigenvalue weighted by molar-refractivity contribution is -0.166. The van der Waals surface area contributed by atoms with Gasteiger partial charge in [0.2, 0.25) is 0 Å². The Hall–Kier alpha value is -7.79. The number of nitrogens with one attached hydrogen (secondary N) is 3. The number of carbonyl (C=O) groups excluding carboxylic acids is 6. The smallest absolute Gasteiger partial charge is 0.343 e. The van der Waals surface area contributed by atoms with Gasteiger partial charge in [-0.3, -0.25) is 65.7 Å². The highest BCUT2D eigenvalue weighted by Gasteiger charge is 2.57. The lowest BCUT2D eigenvalue weighted by Crippen LogP contribution is -2.76. The summed E-state index contributed by atoms with van der Waals surface area (Å²) in [6.45, 7) is 18.8. The number of aliphatic hydroxyl groups excluding tert-OH is 3. The first kappa shape index (κ1) is 76.2. The number of ether oxygens (including phenoxy) is 7. The number of aliphatic hydroxyl groups is 3. The second-order valence-electron chi connectivity index (χ2n) is 25.9. The van der Waals surface area contributed by atoms with Gasteiger partial charge < -0.3 is 65.7 Å². The molecule has 0 amide bonds. The molecule has 0 saturated heterocycles. The second-order valence-corrected chi connectivity index (χ2v) is 25.9. The maximum atomic E-state index is 15.0. The zero-order chi connectivity index (χ0) is 71.4. The van der Waals surface area contributed by atoms with Gasteiger partial charge in [-0.15, -0.1) is 0 Å². The van der Waals surface area contributed by atoms with Crippen LogP contribution in [0.1, 0.15) is 119 Å². The Bertz CT molecular complexity index is 3370. The maximum Gasteiger partial charge on any atom is 0.343 e. The van der Waals surface area contributed by atoms with Gasteiger partial charge >= 0.3 is 23.9 Å². The number of hydrogen-bond donors (Lipinski definition) is 12. The third-order valence-corrected chi connectivity index (χ3v) is 19.0. The summed E-state index contributed by atoms with van der Waals surface area (Å²) in [5, 5.41) is 75.5. The van der Waals surface area contributed by atoms with Gasteiger partial charge in [-0.05, 0) is 148 Å². The summed E-state index contributed by atoms with van der Waals surface area (Å²) in [4.78, 5) is 99.8. The van der Waals surface area contributed by atoms with Crippen LogP contribution in [-0.4, -0.2) is 223 Å². The van der Waals surface area contributed by atoms with Gasteiger partial charge in [-0.2, -0.15) is 0 Å². The Labute approximate surface area is 551 Å². The van der Waals surface area contributed by atoms with E-state index in [2.05, 4.69) is 30.9 Å². The summed E-state index contributed by atoms with van der Waals surface area (Å²) in [7, 11) is 3.88. The fraction of sp³-hybridized carbons (Fsp3) is 0.578. The zero-order valence-electron chi connectivity index (χ0n) is 56.6. The predicted octanol–water partition coefficient (Wildman–Crippen LogP) is 1.21. The predicted molar refractivity (Wildman–Crippen MR) is 343 cm³/mol. The van der Waals surface area contributed by atoms with Gasteiger partial charge in [0.1, 0.15) is 33.9 Å². The zero-order valence-corrected chi connectivity index (χ0v) is 56.6. The molecule has 0 aliphatic carbocycles. The number of esters is 4.